The van der Waals surface area contributed by atoms with Crippen molar-refractivity contribution >= 4 is 28.6 Å². The Hall–Kier alpha value is -1.09. The molecule has 0 spiro atoms. The number of carboxylic acids is 1. The average Bonchev–Trinajstić information content (AvgIpc) is 2.13. The van der Waals surface area contributed by atoms with Gasteiger partial charge in [-0.3, -0.25) is 4.79 Å². The fourth-order valence-corrected chi connectivity index (χ4v) is 1.72. The van der Waals surface area contributed by atoms with Crippen LogP contribution in [0.15, 0.2) is 12.1 Å². The maximum atomic E-state index is 10.6. The Balaban J connectivity index is 3.29. The van der Waals surface area contributed by atoms with E-state index in [2.05, 4.69) is 22.6 Å². The summed E-state index contributed by atoms with van der Waals surface area (Å²) < 4.78 is 0.984. The third-order valence-corrected chi connectivity index (χ3v) is 3.15. The monoisotopic (exact) mass is 301 g/mol. The third-order valence-electron chi connectivity index (χ3n) is 1.98. The zero-order valence-electron chi connectivity index (χ0n) is 7.54. The summed E-state index contributed by atoms with van der Waals surface area (Å²) in [6.07, 6.45) is -0.0917. The summed E-state index contributed by atoms with van der Waals surface area (Å²) >= 11 is 2.13. The van der Waals surface area contributed by atoms with Gasteiger partial charge < -0.3 is 5.11 Å². The van der Waals surface area contributed by atoms with E-state index in [1.54, 1.807) is 6.07 Å². The van der Waals surface area contributed by atoms with E-state index in [-0.39, 0.29) is 6.42 Å². The van der Waals surface area contributed by atoms with E-state index >= 15 is 0 Å². The first kappa shape index (κ1) is 11.0. The Kier molecular flexibility index (Phi) is 3.47. The van der Waals surface area contributed by atoms with Crippen LogP contribution < -0.4 is 0 Å². The number of carboxylic acid groups (broad SMARTS) is 1. The number of nitrogens with zero attached hydrogens (tertiary/aromatic N) is 1. The molecule has 14 heavy (non-hydrogen) atoms. The zero-order valence-corrected chi connectivity index (χ0v) is 9.70. The quantitative estimate of drug-likeness (QED) is 0.851. The van der Waals surface area contributed by atoms with Gasteiger partial charge in [0, 0.05) is 3.57 Å². The molecular formula is C10H8INO2. The van der Waals surface area contributed by atoms with E-state index in [9.17, 15) is 4.79 Å². The van der Waals surface area contributed by atoms with Crippen molar-refractivity contribution in [1.82, 2.24) is 0 Å². The largest absolute Gasteiger partial charge is 0.481 e. The molecule has 0 aromatic heterocycles. The van der Waals surface area contributed by atoms with Crippen LogP contribution in [0.4, 0.5) is 0 Å². The van der Waals surface area contributed by atoms with Gasteiger partial charge in [0.25, 0.3) is 0 Å². The van der Waals surface area contributed by atoms with E-state index < -0.39 is 5.97 Å². The van der Waals surface area contributed by atoms with Gasteiger partial charge >= 0.3 is 5.97 Å². The van der Waals surface area contributed by atoms with Gasteiger partial charge in [-0.05, 0) is 52.8 Å². The second-order valence-corrected chi connectivity index (χ2v) is 4.04. The van der Waals surface area contributed by atoms with Crippen LogP contribution in [0.5, 0.6) is 0 Å². The molecule has 0 amide bonds. The molecule has 1 N–H and O–H groups in total. The van der Waals surface area contributed by atoms with Gasteiger partial charge in [-0.1, -0.05) is 0 Å². The minimum atomic E-state index is -0.911. The molecule has 72 valence electrons. The van der Waals surface area contributed by atoms with Crippen LogP contribution in [0.25, 0.3) is 0 Å². The van der Waals surface area contributed by atoms with Crippen molar-refractivity contribution in [3.63, 3.8) is 0 Å². The predicted molar refractivity (Wildman–Crippen MR) is 60.0 cm³/mol. The summed E-state index contributed by atoms with van der Waals surface area (Å²) in [4.78, 5) is 10.6. The second kappa shape index (κ2) is 4.42. The molecule has 1 aromatic carbocycles. The highest BCUT2D eigenvalue weighted by Crippen LogP contribution is 2.20. The highest BCUT2D eigenvalue weighted by Gasteiger charge is 2.11. The fourth-order valence-electron chi connectivity index (χ4n) is 1.21. The highest BCUT2D eigenvalue weighted by atomic mass is 127. The lowest BCUT2D eigenvalue weighted by Gasteiger charge is -2.07. The number of carbonyl (C=O) groups is 1. The first-order valence-corrected chi connectivity index (χ1v) is 5.04. The van der Waals surface area contributed by atoms with E-state index in [1.807, 2.05) is 19.1 Å². The van der Waals surface area contributed by atoms with E-state index in [4.69, 9.17) is 10.4 Å². The van der Waals surface area contributed by atoms with E-state index in [0.29, 0.717) is 11.1 Å². The first-order chi connectivity index (χ1) is 6.56. The van der Waals surface area contributed by atoms with Crippen molar-refractivity contribution in [2.45, 2.75) is 13.3 Å². The molecule has 0 saturated heterocycles. The van der Waals surface area contributed by atoms with Crippen LogP contribution in [0.3, 0.4) is 0 Å². The summed E-state index contributed by atoms with van der Waals surface area (Å²) in [6.45, 7) is 1.83. The highest BCUT2D eigenvalue weighted by molar-refractivity contribution is 14.1. The number of hydrogen-bond acceptors (Lipinski definition) is 2. The molecule has 0 fully saturated rings. The molecule has 0 aliphatic heterocycles. The molecule has 1 aromatic rings. The van der Waals surface area contributed by atoms with Crippen molar-refractivity contribution in [3.05, 3.63) is 32.4 Å². The predicted octanol–water partition coefficient (Wildman–Crippen LogP) is 2.10. The lowest BCUT2D eigenvalue weighted by molar-refractivity contribution is -0.136. The molecule has 0 saturated carbocycles. The van der Waals surface area contributed by atoms with Gasteiger partial charge in [0.1, 0.15) is 0 Å². The fraction of sp³-hybridized carbons (Fsp3) is 0.200. The molecule has 0 aliphatic rings. The Morgan fingerprint density at radius 1 is 1.64 bits per heavy atom. The van der Waals surface area contributed by atoms with Crippen LogP contribution in [-0.2, 0) is 11.2 Å². The van der Waals surface area contributed by atoms with Crippen molar-refractivity contribution in [2.24, 2.45) is 0 Å². The maximum absolute atomic E-state index is 10.6. The second-order valence-electron chi connectivity index (χ2n) is 2.88. The molecule has 4 heteroatoms. The number of nitriles is 1. The Bertz CT molecular complexity index is 421. The van der Waals surface area contributed by atoms with Crippen LogP contribution >= 0.6 is 22.6 Å². The topological polar surface area (TPSA) is 61.1 Å². The normalized spacial score (nSPS) is 9.50. The van der Waals surface area contributed by atoms with Crippen molar-refractivity contribution in [1.29, 1.82) is 5.26 Å². The number of aliphatic carboxylic acids is 1. The first-order valence-electron chi connectivity index (χ1n) is 3.96. The Labute approximate surface area is 95.5 Å². The lowest BCUT2D eigenvalue weighted by Crippen LogP contribution is -2.05. The van der Waals surface area contributed by atoms with Crippen molar-refractivity contribution < 1.29 is 9.90 Å². The van der Waals surface area contributed by atoms with Gasteiger partial charge in [0.2, 0.25) is 0 Å². The summed E-state index contributed by atoms with van der Waals surface area (Å²) in [5.74, 6) is -0.911. The summed E-state index contributed by atoms with van der Waals surface area (Å²) in [7, 11) is 0. The minimum absolute atomic E-state index is 0.0917. The molecule has 0 bridgehead atoms. The smallest absolute Gasteiger partial charge is 0.307 e. The Morgan fingerprint density at radius 3 is 2.79 bits per heavy atom. The van der Waals surface area contributed by atoms with Gasteiger partial charge in [0.15, 0.2) is 0 Å². The summed E-state index contributed by atoms with van der Waals surface area (Å²) in [5, 5.41) is 17.5. The van der Waals surface area contributed by atoms with Gasteiger partial charge in [0.05, 0.1) is 18.1 Å². The van der Waals surface area contributed by atoms with E-state index in [0.717, 1.165) is 9.13 Å². The number of halogens is 1. The van der Waals surface area contributed by atoms with Crippen LogP contribution in [0, 0.1) is 21.8 Å². The molecule has 1 rings (SSSR count). The standard InChI is InChI=1S/C10H8INO2/c1-6-8(4-10(13)14)7(5-12)2-3-9(6)11/h2-3H,4H2,1H3,(H,13,14). The van der Waals surface area contributed by atoms with Gasteiger partial charge in [-0.2, -0.15) is 5.26 Å². The molecule has 0 radical (unpaired) electrons. The molecule has 0 atom stereocenters. The number of hydrogen-bond donors (Lipinski definition) is 1. The molecule has 0 heterocycles. The van der Waals surface area contributed by atoms with Crippen molar-refractivity contribution in [2.75, 3.05) is 0 Å². The molecule has 0 unspecified atom stereocenters. The van der Waals surface area contributed by atoms with Crippen LogP contribution in [-0.4, -0.2) is 11.1 Å². The third kappa shape index (κ3) is 2.23. The maximum Gasteiger partial charge on any atom is 0.307 e. The molecule has 0 aliphatic carbocycles. The van der Waals surface area contributed by atoms with Crippen LogP contribution in [0.1, 0.15) is 16.7 Å². The Morgan fingerprint density at radius 2 is 2.29 bits per heavy atom. The zero-order chi connectivity index (χ0) is 10.7. The SMILES string of the molecule is Cc1c(I)ccc(C#N)c1CC(=O)O. The van der Waals surface area contributed by atoms with Crippen LogP contribution in [0.2, 0.25) is 0 Å². The molecule has 3 nitrogen and oxygen atoms in total. The van der Waals surface area contributed by atoms with E-state index in [1.165, 1.54) is 0 Å². The van der Waals surface area contributed by atoms with Crippen molar-refractivity contribution in [3.8, 4) is 6.07 Å². The number of benzene rings is 1. The lowest BCUT2D eigenvalue weighted by atomic mass is 10.00. The summed E-state index contributed by atoms with van der Waals surface area (Å²) in [6, 6.07) is 5.48. The van der Waals surface area contributed by atoms with Gasteiger partial charge in [-0.15, -0.1) is 0 Å². The molecular weight excluding hydrogens is 293 g/mol. The average molecular weight is 301 g/mol. The summed E-state index contributed by atoms with van der Waals surface area (Å²) in [5.41, 5.74) is 1.95. The van der Waals surface area contributed by atoms with Gasteiger partial charge in [-0.25, -0.2) is 0 Å². The number of rotatable bonds is 2. The minimum Gasteiger partial charge on any atom is -0.481 e.